The summed E-state index contributed by atoms with van der Waals surface area (Å²) in [5.74, 6) is 0.323. The quantitative estimate of drug-likeness (QED) is 0.834. The molecule has 0 amide bonds. The zero-order valence-corrected chi connectivity index (χ0v) is 11.6. The van der Waals surface area contributed by atoms with Gasteiger partial charge >= 0.3 is 0 Å². The molecule has 3 nitrogen and oxygen atoms in total. The van der Waals surface area contributed by atoms with Crippen LogP contribution in [0.1, 0.15) is 37.6 Å². The molecule has 102 valence electrons. The summed E-state index contributed by atoms with van der Waals surface area (Å²) in [7, 11) is 0. The van der Waals surface area contributed by atoms with Gasteiger partial charge < -0.3 is 15.0 Å². The van der Waals surface area contributed by atoms with E-state index < -0.39 is 0 Å². The number of benzene rings is 1. The summed E-state index contributed by atoms with van der Waals surface area (Å²) in [6.45, 7) is 6.17. The number of rotatable bonds is 6. The number of phenolic OH excluding ortho intramolecular Hbond substituents is 1. The summed E-state index contributed by atoms with van der Waals surface area (Å²) in [6.07, 6.45) is 3.22. The van der Waals surface area contributed by atoms with Crippen molar-refractivity contribution >= 4 is 0 Å². The highest BCUT2D eigenvalue weighted by atomic mass is 16.3. The largest absolute Gasteiger partial charge is 0.508 e. The molecule has 3 heteroatoms. The van der Waals surface area contributed by atoms with Crippen molar-refractivity contribution in [1.82, 2.24) is 9.88 Å². The Morgan fingerprint density at radius 1 is 1.26 bits per heavy atom. The lowest BCUT2D eigenvalue weighted by atomic mass is 10.2. The fourth-order valence-corrected chi connectivity index (χ4v) is 2.28. The molecular weight excluding hydrogens is 236 g/mol. The van der Waals surface area contributed by atoms with Gasteiger partial charge in [0.2, 0.25) is 0 Å². The molecule has 0 saturated carbocycles. The summed E-state index contributed by atoms with van der Waals surface area (Å²) in [5.41, 5.74) is 2.39. The lowest BCUT2D eigenvalue weighted by Crippen LogP contribution is -2.22. The van der Waals surface area contributed by atoms with E-state index in [-0.39, 0.29) is 0 Å². The van der Waals surface area contributed by atoms with Gasteiger partial charge in [-0.1, -0.05) is 19.1 Å². The Labute approximate surface area is 114 Å². The molecule has 0 aliphatic rings. The van der Waals surface area contributed by atoms with Crippen LogP contribution in [-0.2, 0) is 6.54 Å². The van der Waals surface area contributed by atoms with E-state index in [9.17, 15) is 5.11 Å². The van der Waals surface area contributed by atoms with Crippen LogP contribution < -0.4 is 5.32 Å². The minimum absolute atomic E-state index is 0.323. The summed E-state index contributed by atoms with van der Waals surface area (Å²) in [6, 6.07) is 12.0. The lowest BCUT2D eigenvalue weighted by Gasteiger charge is -2.17. The minimum atomic E-state index is 0.323. The van der Waals surface area contributed by atoms with Gasteiger partial charge in [-0.2, -0.15) is 0 Å². The van der Waals surface area contributed by atoms with Crippen LogP contribution in [0.3, 0.4) is 0 Å². The van der Waals surface area contributed by atoms with Crippen molar-refractivity contribution in [3.8, 4) is 5.75 Å². The zero-order valence-electron chi connectivity index (χ0n) is 11.6. The van der Waals surface area contributed by atoms with Crippen LogP contribution in [0.2, 0.25) is 0 Å². The van der Waals surface area contributed by atoms with Crippen LogP contribution in [0.4, 0.5) is 0 Å². The van der Waals surface area contributed by atoms with Crippen molar-refractivity contribution in [2.45, 2.75) is 32.9 Å². The third kappa shape index (κ3) is 3.61. The van der Waals surface area contributed by atoms with Crippen LogP contribution in [-0.4, -0.2) is 16.2 Å². The van der Waals surface area contributed by atoms with Crippen LogP contribution in [0.15, 0.2) is 42.6 Å². The maximum Gasteiger partial charge on any atom is 0.115 e. The summed E-state index contributed by atoms with van der Waals surface area (Å²) in [4.78, 5) is 0. The molecule has 2 rings (SSSR count). The molecule has 0 radical (unpaired) electrons. The average molecular weight is 258 g/mol. The number of aromatic hydroxyl groups is 1. The smallest absolute Gasteiger partial charge is 0.115 e. The van der Waals surface area contributed by atoms with Gasteiger partial charge in [0, 0.05) is 24.5 Å². The first-order chi connectivity index (χ1) is 9.20. The van der Waals surface area contributed by atoms with Crippen molar-refractivity contribution in [3.05, 3.63) is 53.9 Å². The van der Waals surface area contributed by atoms with E-state index in [1.54, 1.807) is 6.07 Å². The maximum atomic E-state index is 9.51. The van der Waals surface area contributed by atoms with Crippen molar-refractivity contribution in [2.75, 3.05) is 6.54 Å². The first-order valence-corrected chi connectivity index (χ1v) is 6.87. The second kappa shape index (κ2) is 6.43. The van der Waals surface area contributed by atoms with Crippen LogP contribution in [0.25, 0.3) is 0 Å². The molecule has 0 bridgehead atoms. The number of aromatic nitrogens is 1. The Morgan fingerprint density at radius 2 is 2.11 bits per heavy atom. The van der Waals surface area contributed by atoms with Gasteiger partial charge in [-0.25, -0.2) is 0 Å². The number of nitrogens with one attached hydrogen (secondary N) is 1. The van der Waals surface area contributed by atoms with E-state index in [1.165, 1.54) is 5.69 Å². The second-order valence-corrected chi connectivity index (χ2v) is 4.91. The average Bonchev–Trinajstić information content (AvgIpc) is 2.84. The first-order valence-electron chi connectivity index (χ1n) is 6.87. The van der Waals surface area contributed by atoms with E-state index in [2.05, 4.69) is 42.1 Å². The van der Waals surface area contributed by atoms with Crippen LogP contribution >= 0.6 is 0 Å². The third-order valence-electron chi connectivity index (χ3n) is 3.27. The minimum Gasteiger partial charge on any atom is -0.508 e. The summed E-state index contributed by atoms with van der Waals surface area (Å²) >= 11 is 0. The molecule has 1 unspecified atom stereocenters. The predicted molar refractivity (Wildman–Crippen MR) is 78.3 cm³/mol. The molecule has 19 heavy (non-hydrogen) atoms. The Balaban J connectivity index is 2.11. The third-order valence-corrected chi connectivity index (χ3v) is 3.27. The Bertz CT molecular complexity index is 519. The van der Waals surface area contributed by atoms with Crippen molar-refractivity contribution in [3.63, 3.8) is 0 Å². The van der Waals surface area contributed by atoms with Gasteiger partial charge in [-0.15, -0.1) is 0 Å². The molecular formula is C16H22N2O. The molecule has 1 heterocycles. The fourth-order valence-electron chi connectivity index (χ4n) is 2.28. The predicted octanol–water partition coefficient (Wildman–Crippen LogP) is 3.30. The lowest BCUT2D eigenvalue weighted by molar-refractivity contribution is 0.474. The topological polar surface area (TPSA) is 37.2 Å². The van der Waals surface area contributed by atoms with Gasteiger partial charge in [0.1, 0.15) is 5.75 Å². The van der Waals surface area contributed by atoms with E-state index in [4.69, 9.17) is 0 Å². The van der Waals surface area contributed by atoms with Gasteiger partial charge in [0.25, 0.3) is 0 Å². The van der Waals surface area contributed by atoms with Crippen LogP contribution in [0.5, 0.6) is 5.75 Å². The second-order valence-electron chi connectivity index (χ2n) is 4.91. The molecule has 0 aliphatic carbocycles. The molecule has 2 aromatic rings. The molecule has 0 aliphatic heterocycles. The highest BCUT2D eigenvalue weighted by Crippen LogP contribution is 2.17. The molecule has 1 aromatic heterocycles. The summed E-state index contributed by atoms with van der Waals surface area (Å²) in [5, 5.41) is 13.0. The van der Waals surface area contributed by atoms with Crippen molar-refractivity contribution < 1.29 is 5.11 Å². The van der Waals surface area contributed by atoms with Gasteiger partial charge in [-0.3, -0.25) is 0 Å². The van der Waals surface area contributed by atoms with Gasteiger partial charge in [0.15, 0.2) is 0 Å². The molecule has 0 spiro atoms. The molecule has 2 N–H and O–H groups in total. The van der Waals surface area contributed by atoms with E-state index in [0.717, 1.165) is 25.1 Å². The molecule has 1 aromatic carbocycles. The molecule has 1 atom stereocenters. The van der Waals surface area contributed by atoms with Crippen molar-refractivity contribution in [1.29, 1.82) is 0 Å². The molecule has 0 saturated heterocycles. The Kier molecular flexibility index (Phi) is 4.63. The standard InChI is InChI=1S/C16H22N2O/c1-3-9-17-13(2)16-8-5-10-18(16)12-14-6-4-7-15(19)11-14/h4-8,10-11,13,17,19H,3,9,12H2,1-2H3. The Morgan fingerprint density at radius 3 is 2.84 bits per heavy atom. The normalized spacial score (nSPS) is 12.5. The number of hydrogen-bond donors (Lipinski definition) is 2. The van der Waals surface area contributed by atoms with Gasteiger partial charge in [-0.05, 0) is 49.7 Å². The number of phenols is 1. The summed E-state index contributed by atoms with van der Waals surface area (Å²) < 4.78 is 2.22. The highest BCUT2D eigenvalue weighted by molar-refractivity contribution is 5.28. The zero-order chi connectivity index (χ0) is 13.7. The first kappa shape index (κ1) is 13.7. The van der Waals surface area contributed by atoms with E-state index >= 15 is 0 Å². The molecule has 0 fully saturated rings. The SMILES string of the molecule is CCCNC(C)c1cccn1Cc1cccc(O)c1. The van der Waals surface area contributed by atoms with Crippen LogP contribution in [0, 0.1) is 0 Å². The monoisotopic (exact) mass is 258 g/mol. The number of nitrogens with zero attached hydrogens (tertiary/aromatic N) is 1. The Hall–Kier alpha value is -1.74. The van der Waals surface area contributed by atoms with E-state index in [0.29, 0.717) is 11.8 Å². The maximum absolute atomic E-state index is 9.51. The van der Waals surface area contributed by atoms with Gasteiger partial charge in [0.05, 0.1) is 0 Å². The van der Waals surface area contributed by atoms with Crippen molar-refractivity contribution in [2.24, 2.45) is 0 Å². The highest BCUT2D eigenvalue weighted by Gasteiger charge is 2.09. The number of hydrogen-bond acceptors (Lipinski definition) is 2. The van der Waals surface area contributed by atoms with E-state index in [1.807, 2.05) is 18.2 Å². The fraction of sp³-hybridized carbons (Fsp3) is 0.375.